The molecular formula is C11H15FO. The maximum absolute atomic E-state index is 13.2. The zero-order valence-electron chi connectivity index (χ0n) is 8.48. The molecule has 0 saturated heterocycles. The van der Waals surface area contributed by atoms with Crippen LogP contribution in [0.3, 0.4) is 0 Å². The number of aromatic hydroxyl groups is 1. The predicted octanol–water partition coefficient (Wildman–Crippen LogP) is 3.27. The van der Waals surface area contributed by atoms with Gasteiger partial charge < -0.3 is 5.11 Å². The summed E-state index contributed by atoms with van der Waals surface area (Å²) in [6.07, 6.45) is 0. The minimum absolute atomic E-state index is 0.0480. The number of halogens is 1. The second kappa shape index (κ2) is 3.36. The van der Waals surface area contributed by atoms with Gasteiger partial charge >= 0.3 is 0 Å². The molecule has 72 valence electrons. The monoisotopic (exact) mass is 182 g/mol. The summed E-state index contributed by atoms with van der Waals surface area (Å²) in [7, 11) is 0. The molecule has 1 rings (SSSR count). The van der Waals surface area contributed by atoms with Gasteiger partial charge in [0.15, 0.2) is 0 Å². The quantitative estimate of drug-likeness (QED) is 0.706. The molecule has 0 aliphatic heterocycles. The third kappa shape index (κ3) is 1.67. The summed E-state index contributed by atoms with van der Waals surface area (Å²) in [5, 5.41) is 9.41. The van der Waals surface area contributed by atoms with Crippen molar-refractivity contribution in [2.75, 3.05) is 0 Å². The molecule has 0 spiro atoms. The van der Waals surface area contributed by atoms with E-state index in [9.17, 15) is 9.50 Å². The van der Waals surface area contributed by atoms with Crippen LogP contribution in [0.4, 0.5) is 4.39 Å². The highest BCUT2D eigenvalue weighted by Crippen LogP contribution is 2.31. The molecule has 0 atom stereocenters. The minimum atomic E-state index is -0.327. The number of phenols is 1. The zero-order chi connectivity index (χ0) is 10.2. The van der Waals surface area contributed by atoms with Crippen LogP contribution in [0.15, 0.2) is 6.07 Å². The van der Waals surface area contributed by atoms with Crippen molar-refractivity contribution < 1.29 is 9.50 Å². The summed E-state index contributed by atoms with van der Waals surface area (Å²) in [6, 6.07) is 1.18. The van der Waals surface area contributed by atoms with Gasteiger partial charge in [0.25, 0.3) is 0 Å². The Morgan fingerprint density at radius 3 is 2.23 bits per heavy atom. The molecule has 0 heterocycles. The number of phenolic OH excluding ortho intramolecular Hbond substituents is 1. The standard InChI is InChI=1S/C11H15FO/c1-6(2)11-7(3)9(12)5-10(13)8(11)4/h5-6,13H,1-4H3. The van der Waals surface area contributed by atoms with Crippen molar-refractivity contribution in [2.24, 2.45) is 0 Å². The van der Waals surface area contributed by atoms with Gasteiger partial charge in [-0.1, -0.05) is 13.8 Å². The van der Waals surface area contributed by atoms with E-state index in [1.54, 1.807) is 6.92 Å². The van der Waals surface area contributed by atoms with Crippen molar-refractivity contribution in [3.63, 3.8) is 0 Å². The van der Waals surface area contributed by atoms with Gasteiger partial charge in [-0.2, -0.15) is 0 Å². The molecule has 2 heteroatoms. The van der Waals surface area contributed by atoms with Gasteiger partial charge in [-0.25, -0.2) is 4.39 Å². The van der Waals surface area contributed by atoms with Crippen molar-refractivity contribution in [1.82, 2.24) is 0 Å². The normalized spacial score (nSPS) is 10.9. The molecule has 0 amide bonds. The first kappa shape index (κ1) is 10.0. The van der Waals surface area contributed by atoms with E-state index in [4.69, 9.17) is 0 Å². The van der Waals surface area contributed by atoms with Gasteiger partial charge in [0.2, 0.25) is 0 Å². The first-order valence-electron chi connectivity index (χ1n) is 4.43. The molecule has 0 aliphatic carbocycles. The smallest absolute Gasteiger partial charge is 0.130 e. The fourth-order valence-electron chi connectivity index (χ4n) is 1.75. The molecule has 0 fully saturated rings. The second-order valence-electron chi connectivity index (χ2n) is 3.70. The number of hydrogen-bond donors (Lipinski definition) is 1. The highest BCUT2D eigenvalue weighted by molar-refractivity contribution is 5.45. The molecule has 1 aromatic carbocycles. The molecule has 1 N–H and O–H groups in total. The van der Waals surface area contributed by atoms with E-state index < -0.39 is 0 Å². The Hall–Kier alpha value is -1.05. The van der Waals surface area contributed by atoms with Crippen molar-refractivity contribution in [3.8, 4) is 5.75 Å². The van der Waals surface area contributed by atoms with Crippen LogP contribution < -0.4 is 0 Å². The molecule has 0 aliphatic rings. The Labute approximate surface area is 78.2 Å². The van der Waals surface area contributed by atoms with Crippen molar-refractivity contribution >= 4 is 0 Å². The average molecular weight is 182 g/mol. The van der Waals surface area contributed by atoms with Gasteiger partial charge in [0.05, 0.1) is 0 Å². The summed E-state index contributed by atoms with van der Waals surface area (Å²) >= 11 is 0. The lowest BCUT2D eigenvalue weighted by molar-refractivity contribution is 0.461. The van der Waals surface area contributed by atoms with Crippen LogP contribution in [0.1, 0.15) is 36.5 Å². The molecule has 13 heavy (non-hydrogen) atoms. The van der Waals surface area contributed by atoms with Crippen LogP contribution in [0.25, 0.3) is 0 Å². The second-order valence-corrected chi connectivity index (χ2v) is 3.70. The third-order valence-electron chi connectivity index (χ3n) is 2.39. The maximum Gasteiger partial charge on any atom is 0.130 e. The van der Waals surface area contributed by atoms with Crippen LogP contribution in [-0.2, 0) is 0 Å². The van der Waals surface area contributed by atoms with E-state index in [2.05, 4.69) is 0 Å². The highest BCUT2D eigenvalue weighted by atomic mass is 19.1. The lowest BCUT2D eigenvalue weighted by atomic mass is 9.92. The maximum atomic E-state index is 13.2. The highest BCUT2D eigenvalue weighted by Gasteiger charge is 2.14. The SMILES string of the molecule is Cc1c(O)cc(F)c(C)c1C(C)C. The Morgan fingerprint density at radius 1 is 1.23 bits per heavy atom. The molecule has 0 aromatic heterocycles. The van der Waals surface area contributed by atoms with E-state index in [1.165, 1.54) is 6.07 Å². The Kier molecular flexibility index (Phi) is 2.60. The van der Waals surface area contributed by atoms with Crippen LogP contribution >= 0.6 is 0 Å². The largest absolute Gasteiger partial charge is 0.508 e. The van der Waals surface area contributed by atoms with E-state index in [0.717, 1.165) is 11.1 Å². The van der Waals surface area contributed by atoms with Gasteiger partial charge in [-0.05, 0) is 36.5 Å². The number of hydrogen-bond acceptors (Lipinski definition) is 1. The molecular weight excluding hydrogens is 167 g/mol. The van der Waals surface area contributed by atoms with E-state index in [-0.39, 0.29) is 17.5 Å². The summed E-state index contributed by atoms with van der Waals surface area (Å²) in [5.74, 6) is -0.0415. The van der Waals surface area contributed by atoms with Gasteiger partial charge in [-0.15, -0.1) is 0 Å². The Bertz CT molecular complexity index is 303. The third-order valence-corrected chi connectivity index (χ3v) is 2.39. The lowest BCUT2D eigenvalue weighted by Gasteiger charge is -2.15. The Balaban J connectivity index is 3.46. The van der Waals surface area contributed by atoms with Crippen molar-refractivity contribution in [3.05, 3.63) is 28.6 Å². The van der Waals surface area contributed by atoms with Crippen molar-refractivity contribution in [1.29, 1.82) is 0 Å². The van der Waals surface area contributed by atoms with Crippen LogP contribution in [0, 0.1) is 19.7 Å². The van der Waals surface area contributed by atoms with E-state index >= 15 is 0 Å². The fourth-order valence-corrected chi connectivity index (χ4v) is 1.75. The average Bonchev–Trinajstić information content (AvgIpc) is 2.01. The lowest BCUT2D eigenvalue weighted by Crippen LogP contribution is -1.99. The van der Waals surface area contributed by atoms with Gasteiger partial charge in [-0.3, -0.25) is 0 Å². The zero-order valence-corrected chi connectivity index (χ0v) is 8.48. The topological polar surface area (TPSA) is 20.2 Å². The predicted molar refractivity (Wildman–Crippen MR) is 51.6 cm³/mol. The first-order valence-corrected chi connectivity index (χ1v) is 4.43. The van der Waals surface area contributed by atoms with E-state index in [1.807, 2.05) is 20.8 Å². The van der Waals surface area contributed by atoms with Gasteiger partial charge in [0.1, 0.15) is 11.6 Å². The van der Waals surface area contributed by atoms with Crippen LogP contribution in [-0.4, -0.2) is 5.11 Å². The minimum Gasteiger partial charge on any atom is -0.508 e. The van der Waals surface area contributed by atoms with Crippen LogP contribution in [0.2, 0.25) is 0 Å². The first-order chi connectivity index (χ1) is 5.95. The van der Waals surface area contributed by atoms with Gasteiger partial charge in [0, 0.05) is 6.07 Å². The molecule has 1 aromatic rings. The summed E-state index contributed by atoms with van der Waals surface area (Å²) in [5.41, 5.74) is 2.34. The van der Waals surface area contributed by atoms with E-state index in [0.29, 0.717) is 5.56 Å². The summed E-state index contributed by atoms with van der Waals surface area (Å²) in [4.78, 5) is 0. The van der Waals surface area contributed by atoms with Crippen LogP contribution in [0.5, 0.6) is 5.75 Å². The summed E-state index contributed by atoms with van der Waals surface area (Å²) in [6.45, 7) is 7.55. The fraction of sp³-hybridized carbons (Fsp3) is 0.455. The number of rotatable bonds is 1. The molecule has 0 unspecified atom stereocenters. The summed E-state index contributed by atoms with van der Waals surface area (Å²) < 4.78 is 13.2. The molecule has 0 saturated carbocycles. The molecule has 1 nitrogen and oxygen atoms in total. The van der Waals surface area contributed by atoms with Crippen molar-refractivity contribution in [2.45, 2.75) is 33.6 Å². The number of benzene rings is 1. The Morgan fingerprint density at radius 2 is 1.77 bits per heavy atom. The molecule has 0 bridgehead atoms. The molecule has 0 radical (unpaired) electrons.